The highest BCUT2D eigenvalue weighted by Gasteiger charge is 2.02. The Labute approximate surface area is 155 Å². The van der Waals surface area contributed by atoms with E-state index < -0.39 is 0 Å². The fourth-order valence-electron chi connectivity index (χ4n) is 2.16. The quantitative estimate of drug-likeness (QED) is 0.415. The summed E-state index contributed by atoms with van der Waals surface area (Å²) >= 11 is 0. The Morgan fingerprint density at radius 1 is 1.13 bits per heavy atom. The summed E-state index contributed by atoms with van der Waals surface area (Å²) in [6.07, 6.45) is 0.994. The molecule has 0 atom stereocenters. The van der Waals surface area contributed by atoms with Crippen LogP contribution < -0.4 is 15.8 Å². The third-order valence-electron chi connectivity index (χ3n) is 3.30. The molecular weight excluding hydrogens is 401 g/mol. The number of rotatable bonds is 6. The van der Waals surface area contributed by atoms with E-state index in [0.29, 0.717) is 19.1 Å². The minimum Gasteiger partial charge on any atom is -0.494 e. The van der Waals surface area contributed by atoms with Gasteiger partial charge in [0, 0.05) is 11.3 Å². The van der Waals surface area contributed by atoms with E-state index in [1.54, 1.807) is 0 Å². The van der Waals surface area contributed by atoms with Gasteiger partial charge >= 0.3 is 0 Å². The molecule has 0 heterocycles. The van der Waals surface area contributed by atoms with Gasteiger partial charge < -0.3 is 15.8 Å². The van der Waals surface area contributed by atoms with Crippen molar-refractivity contribution in [3.05, 3.63) is 59.7 Å². The summed E-state index contributed by atoms with van der Waals surface area (Å²) in [5.41, 5.74) is 9.21. The number of nitrogens with two attached hydrogens (primary N) is 1. The molecule has 2 aromatic rings. The molecule has 0 unspecified atom stereocenters. The molecule has 0 radical (unpaired) electrons. The second-order valence-corrected chi connectivity index (χ2v) is 4.92. The van der Waals surface area contributed by atoms with Crippen LogP contribution in [-0.4, -0.2) is 12.6 Å². The lowest BCUT2D eigenvalue weighted by Crippen LogP contribution is -2.22. The average molecular weight is 425 g/mol. The maximum Gasteiger partial charge on any atom is 0.193 e. The molecule has 0 aromatic heterocycles. The Balaban J connectivity index is 0.00000264. The molecule has 2 aromatic carbocycles. The van der Waals surface area contributed by atoms with Crippen LogP contribution in [0.15, 0.2) is 53.5 Å². The predicted octanol–water partition coefficient (Wildman–Crippen LogP) is 4.19. The summed E-state index contributed by atoms with van der Waals surface area (Å²) in [6.45, 7) is 5.22. The van der Waals surface area contributed by atoms with Gasteiger partial charge in [0.25, 0.3) is 0 Å². The summed E-state index contributed by atoms with van der Waals surface area (Å²) < 4.78 is 5.59. The smallest absolute Gasteiger partial charge is 0.193 e. The number of nitrogens with zero attached hydrogens (tertiary/aromatic N) is 1. The Kier molecular flexibility index (Phi) is 8.47. The minimum atomic E-state index is 0. The lowest BCUT2D eigenvalue weighted by atomic mass is 10.1. The standard InChI is InChI=1S/C18H23N3O.HI/c1-3-14-8-7-10-16(12-14)21-18(19)20-13-15-9-5-6-11-17(15)22-4-2;/h5-12H,3-4,13H2,1-2H3,(H3,19,20,21);1H. The molecule has 3 N–H and O–H groups in total. The third-order valence-corrected chi connectivity index (χ3v) is 3.30. The van der Waals surface area contributed by atoms with Gasteiger partial charge in [-0.1, -0.05) is 37.3 Å². The first-order chi connectivity index (χ1) is 10.7. The molecule has 124 valence electrons. The van der Waals surface area contributed by atoms with Crippen molar-refractivity contribution in [2.45, 2.75) is 26.8 Å². The van der Waals surface area contributed by atoms with Crippen LogP contribution in [0.25, 0.3) is 0 Å². The molecule has 5 heteroatoms. The Morgan fingerprint density at radius 3 is 2.65 bits per heavy atom. The monoisotopic (exact) mass is 425 g/mol. The lowest BCUT2D eigenvalue weighted by molar-refractivity contribution is 0.336. The summed E-state index contributed by atoms with van der Waals surface area (Å²) in [5.74, 6) is 1.26. The van der Waals surface area contributed by atoms with Gasteiger partial charge in [0.2, 0.25) is 0 Å². The minimum absolute atomic E-state index is 0. The molecular formula is C18H24IN3O. The van der Waals surface area contributed by atoms with E-state index in [0.717, 1.165) is 23.4 Å². The highest BCUT2D eigenvalue weighted by atomic mass is 127. The number of aliphatic imine (C=N–C) groups is 1. The molecule has 0 fully saturated rings. The van der Waals surface area contributed by atoms with Gasteiger partial charge in [0.05, 0.1) is 13.2 Å². The molecule has 0 saturated heterocycles. The Morgan fingerprint density at radius 2 is 1.91 bits per heavy atom. The predicted molar refractivity (Wildman–Crippen MR) is 108 cm³/mol. The number of ether oxygens (including phenoxy) is 1. The van der Waals surface area contributed by atoms with Crippen LogP contribution in [0.4, 0.5) is 5.69 Å². The van der Waals surface area contributed by atoms with Crippen LogP contribution in [0, 0.1) is 0 Å². The lowest BCUT2D eigenvalue weighted by Gasteiger charge is -2.09. The summed E-state index contributed by atoms with van der Waals surface area (Å²) in [7, 11) is 0. The zero-order chi connectivity index (χ0) is 15.8. The number of guanidine groups is 1. The number of hydrogen-bond donors (Lipinski definition) is 2. The SMILES string of the molecule is CCOc1ccccc1CN=C(N)Nc1cccc(CC)c1.I. The van der Waals surface area contributed by atoms with Crippen LogP contribution in [0.1, 0.15) is 25.0 Å². The van der Waals surface area contributed by atoms with Crippen LogP contribution >= 0.6 is 24.0 Å². The second-order valence-electron chi connectivity index (χ2n) is 4.92. The first-order valence-electron chi connectivity index (χ1n) is 7.59. The van der Waals surface area contributed by atoms with Crippen molar-refractivity contribution < 1.29 is 4.74 Å². The molecule has 0 spiro atoms. The van der Waals surface area contributed by atoms with E-state index >= 15 is 0 Å². The Hall–Kier alpha value is -1.76. The largest absolute Gasteiger partial charge is 0.494 e. The number of nitrogens with one attached hydrogen (secondary N) is 1. The van der Waals surface area contributed by atoms with E-state index in [-0.39, 0.29) is 24.0 Å². The summed E-state index contributed by atoms with van der Waals surface area (Å²) in [5, 5.41) is 3.13. The van der Waals surface area contributed by atoms with Crippen LogP contribution in [0.2, 0.25) is 0 Å². The Bertz CT molecular complexity index is 644. The molecule has 0 aliphatic rings. The van der Waals surface area contributed by atoms with Crippen molar-refractivity contribution in [1.29, 1.82) is 0 Å². The number of anilines is 1. The van der Waals surface area contributed by atoms with Crippen LogP contribution in [0.5, 0.6) is 5.75 Å². The molecule has 23 heavy (non-hydrogen) atoms. The molecule has 0 aliphatic heterocycles. The van der Waals surface area contributed by atoms with Gasteiger partial charge in [-0.15, -0.1) is 24.0 Å². The van der Waals surface area contributed by atoms with E-state index in [9.17, 15) is 0 Å². The van der Waals surface area contributed by atoms with Gasteiger partial charge in [-0.25, -0.2) is 4.99 Å². The van der Waals surface area contributed by atoms with Crippen LogP contribution in [0.3, 0.4) is 0 Å². The van der Waals surface area contributed by atoms with Crippen LogP contribution in [-0.2, 0) is 13.0 Å². The number of aryl methyl sites for hydroxylation is 1. The van der Waals surface area contributed by atoms with Crippen molar-refractivity contribution in [2.75, 3.05) is 11.9 Å². The highest BCUT2D eigenvalue weighted by Crippen LogP contribution is 2.18. The number of hydrogen-bond acceptors (Lipinski definition) is 2. The normalized spacial score (nSPS) is 10.8. The zero-order valence-electron chi connectivity index (χ0n) is 13.6. The van der Waals surface area contributed by atoms with Crippen molar-refractivity contribution in [2.24, 2.45) is 10.7 Å². The van der Waals surface area contributed by atoms with E-state index in [2.05, 4.69) is 29.4 Å². The van der Waals surface area contributed by atoms with Crippen molar-refractivity contribution >= 4 is 35.6 Å². The maximum absolute atomic E-state index is 5.97. The third kappa shape index (κ3) is 6.09. The van der Waals surface area contributed by atoms with Gasteiger partial charge in [0.15, 0.2) is 5.96 Å². The first kappa shape index (κ1) is 19.3. The molecule has 0 saturated carbocycles. The summed E-state index contributed by atoms with van der Waals surface area (Å²) in [4.78, 5) is 4.39. The average Bonchev–Trinajstić information content (AvgIpc) is 2.54. The number of benzene rings is 2. The topological polar surface area (TPSA) is 59.6 Å². The van der Waals surface area contributed by atoms with Gasteiger partial charge in [0.1, 0.15) is 5.75 Å². The van der Waals surface area contributed by atoms with Crippen molar-refractivity contribution in [3.8, 4) is 5.75 Å². The maximum atomic E-state index is 5.97. The molecule has 4 nitrogen and oxygen atoms in total. The van der Waals surface area contributed by atoms with Gasteiger partial charge in [-0.3, -0.25) is 0 Å². The second kappa shape index (κ2) is 10.1. The fraction of sp³-hybridized carbons (Fsp3) is 0.278. The van der Waals surface area contributed by atoms with Crippen molar-refractivity contribution in [1.82, 2.24) is 0 Å². The van der Waals surface area contributed by atoms with Gasteiger partial charge in [-0.2, -0.15) is 0 Å². The van der Waals surface area contributed by atoms with Crippen molar-refractivity contribution in [3.63, 3.8) is 0 Å². The zero-order valence-corrected chi connectivity index (χ0v) is 15.9. The molecule has 0 aliphatic carbocycles. The van der Waals surface area contributed by atoms with E-state index in [4.69, 9.17) is 10.5 Å². The first-order valence-corrected chi connectivity index (χ1v) is 7.59. The molecule has 0 bridgehead atoms. The molecule has 0 amide bonds. The highest BCUT2D eigenvalue weighted by molar-refractivity contribution is 14.0. The van der Waals surface area contributed by atoms with Gasteiger partial charge in [-0.05, 0) is 37.1 Å². The fourth-order valence-corrected chi connectivity index (χ4v) is 2.16. The van der Waals surface area contributed by atoms with E-state index in [1.807, 2.05) is 43.3 Å². The number of halogens is 1. The van der Waals surface area contributed by atoms with E-state index in [1.165, 1.54) is 5.56 Å². The summed E-state index contributed by atoms with van der Waals surface area (Å²) in [6, 6.07) is 16.0. The molecule has 2 rings (SSSR count). The number of para-hydroxylation sites is 1.